The molecular formula is C21H26N3O2+. The Morgan fingerprint density at radius 2 is 1.77 bits per heavy atom. The highest BCUT2D eigenvalue weighted by atomic mass is 16.2. The molecule has 0 saturated carbocycles. The van der Waals surface area contributed by atoms with E-state index in [0.717, 1.165) is 18.5 Å². The molecule has 1 aliphatic rings. The third kappa shape index (κ3) is 4.29. The van der Waals surface area contributed by atoms with Crippen molar-refractivity contribution in [2.45, 2.75) is 25.9 Å². The van der Waals surface area contributed by atoms with Crippen molar-refractivity contribution in [3.63, 3.8) is 0 Å². The summed E-state index contributed by atoms with van der Waals surface area (Å²) in [4.78, 5) is 27.8. The van der Waals surface area contributed by atoms with Crippen molar-refractivity contribution in [1.29, 1.82) is 0 Å². The highest BCUT2D eigenvalue weighted by molar-refractivity contribution is 6.05. The van der Waals surface area contributed by atoms with Crippen LogP contribution in [-0.2, 0) is 17.9 Å². The van der Waals surface area contributed by atoms with Crippen LogP contribution in [0.5, 0.6) is 0 Å². The fourth-order valence-corrected chi connectivity index (χ4v) is 3.26. The summed E-state index contributed by atoms with van der Waals surface area (Å²) in [5.74, 6) is -0.0639. The van der Waals surface area contributed by atoms with Gasteiger partial charge in [0.05, 0.1) is 25.3 Å². The summed E-state index contributed by atoms with van der Waals surface area (Å²) in [7, 11) is 4.24. The predicted octanol–water partition coefficient (Wildman–Crippen LogP) is 1.39. The molecule has 5 nitrogen and oxygen atoms in total. The van der Waals surface area contributed by atoms with Crippen molar-refractivity contribution < 1.29 is 14.5 Å². The number of rotatable bonds is 6. The third-order valence-corrected chi connectivity index (χ3v) is 4.55. The molecule has 0 spiro atoms. The van der Waals surface area contributed by atoms with Gasteiger partial charge in [-0.1, -0.05) is 36.4 Å². The van der Waals surface area contributed by atoms with Crippen molar-refractivity contribution in [3.05, 3.63) is 65.2 Å². The van der Waals surface area contributed by atoms with Crippen LogP contribution in [0.1, 0.15) is 34.3 Å². The number of carbonyl (C=O) groups excluding carboxylic acids is 2. The molecule has 1 saturated heterocycles. The van der Waals surface area contributed by atoms with E-state index in [1.54, 1.807) is 11.0 Å². The van der Waals surface area contributed by atoms with Gasteiger partial charge in [-0.25, -0.2) is 0 Å². The van der Waals surface area contributed by atoms with Crippen LogP contribution in [0, 0.1) is 0 Å². The Morgan fingerprint density at radius 1 is 1.08 bits per heavy atom. The number of para-hydroxylation sites is 1. The van der Waals surface area contributed by atoms with Gasteiger partial charge in [-0.2, -0.15) is 0 Å². The van der Waals surface area contributed by atoms with Gasteiger partial charge in [0.1, 0.15) is 6.54 Å². The van der Waals surface area contributed by atoms with E-state index in [1.807, 2.05) is 18.2 Å². The number of anilines is 1. The lowest BCUT2D eigenvalue weighted by Crippen LogP contribution is -3.04. The third-order valence-electron chi connectivity index (χ3n) is 4.55. The molecule has 2 aromatic rings. The maximum absolute atomic E-state index is 12.7. The van der Waals surface area contributed by atoms with E-state index < -0.39 is 0 Å². The minimum absolute atomic E-state index is 0.0869. The summed E-state index contributed by atoms with van der Waals surface area (Å²) in [6.45, 7) is 2.12. The topological polar surface area (TPSA) is 53.9 Å². The van der Waals surface area contributed by atoms with Crippen LogP contribution in [0.25, 0.3) is 0 Å². The van der Waals surface area contributed by atoms with Crippen LogP contribution in [0.3, 0.4) is 0 Å². The molecule has 2 aromatic carbocycles. The van der Waals surface area contributed by atoms with Crippen LogP contribution in [-0.4, -0.2) is 32.5 Å². The van der Waals surface area contributed by atoms with Crippen molar-refractivity contribution in [1.82, 2.24) is 5.32 Å². The number of carbonyl (C=O) groups is 2. The zero-order chi connectivity index (χ0) is 18.5. The van der Waals surface area contributed by atoms with E-state index >= 15 is 0 Å². The molecule has 0 aliphatic carbocycles. The minimum atomic E-state index is -0.151. The Balaban J connectivity index is 1.66. The van der Waals surface area contributed by atoms with Gasteiger partial charge in [-0.05, 0) is 24.1 Å². The second kappa shape index (κ2) is 8.15. The Labute approximate surface area is 154 Å². The standard InChI is InChI=1S/C21H25N3O2/c1-23(2)15-17-11-9-16(10-12-17)14-22-21(26)18-6-3-4-7-19(18)24-13-5-8-20(24)25/h3-4,6-7,9-12H,5,8,13-15H2,1-2H3,(H,22,26)/p+1. The summed E-state index contributed by atoms with van der Waals surface area (Å²) >= 11 is 0. The molecule has 0 unspecified atom stereocenters. The van der Waals surface area contributed by atoms with Gasteiger partial charge in [0.15, 0.2) is 0 Å². The first kappa shape index (κ1) is 18.1. The number of amides is 2. The summed E-state index contributed by atoms with van der Waals surface area (Å²) in [5, 5.41) is 2.97. The molecular weight excluding hydrogens is 326 g/mol. The second-order valence-electron chi connectivity index (χ2n) is 7.05. The lowest BCUT2D eigenvalue weighted by atomic mass is 10.1. The Kier molecular flexibility index (Phi) is 5.68. The van der Waals surface area contributed by atoms with E-state index in [4.69, 9.17) is 0 Å². The zero-order valence-electron chi connectivity index (χ0n) is 15.4. The average Bonchev–Trinajstić information content (AvgIpc) is 3.06. The van der Waals surface area contributed by atoms with Crippen LogP contribution >= 0.6 is 0 Å². The number of nitrogens with zero attached hydrogens (tertiary/aromatic N) is 1. The van der Waals surface area contributed by atoms with Crippen molar-refractivity contribution in [2.24, 2.45) is 0 Å². The molecule has 5 heteroatoms. The number of benzene rings is 2. The Bertz CT molecular complexity index is 784. The number of quaternary nitrogens is 1. The van der Waals surface area contributed by atoms with Crippen LogP contribution < -0.4 is 15.1 Å². The maximum atomic E-state index is 12.7. The molecule has 0 bridgehead atoms. The zero-order valence-corrected chi connectivity index (χ0v) is 15.4. The molecule has 1 aliphatic heterocycles. The quantitative estimate of drug-likeness (QED) is 0.825. The van der Waals surface area contributed by atoms with E-state index in [-0.39, 0.29) is 11.8 Å². The smallest absolute Gasteiger partial charge is 0.253 e. The maximum Gasteiger partial charge on any atom is 0.253 e. The van der Waals surface area contributed by atoms with Gasteiger partial charge < -0.3 is 15.1 Å². The molecule has 1 heterocycles. The van der Waals surface area contributed by atoms with Gasteiger partial charge in [0.2, 0.25) is 5.91 Å². The highest BCUT2D eigenvalue weighted by Crippen LogP contribution is 2.25. The predicted molar refractivity (Wildman–Crippen MR) is 102 cm³/mol. The van der Waals surface area contributed by atoms with E-state index in [9.17, 15) is 9.59 Å². The van der Waals surface area contributed by atoms with Gasteiger partial charge in [-0.3, -0.25) is 9.59 Å². The monoisotopic (exact) mass is 352 g/mol. The number of hydrogen-bond donors (Lipinski definition) is 2. The van der Waals surface area contributed by atoms with Gasteiger partial charge >= 0.3 is 0 Å². The average molecular weight is 352 g/mol. The van der Waals surface area contributed by atoms with Crippen LogP contribution in [0.2, 0.25) is 0 Å². The second-order valence-corrected chi connectivity index (χ2v) is 7.05. The van der Waals surface area contributed by atoms with Crippen molar-refractivity contribution in [2.75, 3.05) is 25.5 Å². The molecule has 2 N–H and O–H groups in total. The summed E-state index contributed by atoms with van der Waals surface area (Å²) in [6, 6.07) is 15.6. The Hall–Kier alpha value is -2.66. The van der Waals surface area contributed by atoms with E-state index in [0.29, 0.717) is 30.8 Å². The Morgan fingerprint density at radius 3 is 2.42 bits per heavy atom. The first-order valence-electron chi connectivity index (χ1n) is 9.09. The lowest BCUT2D eigenvalue weighted by Gasteiger charge is -2.19. The molecule has 2 amide bonds. The molecule has 1 fully saturated rings. The highest BCUT2D eigenvalue weighted by Gasteiger charge is 2.25. The van der Waals surface area contributed by atoms with Crippen molar-refractivity contribution in [3.8, 4) is 0 Å². The molecule has 0 atom stereocenters. The number of hydrogen-bond acceptors (Lipinski definition) is 2. The molecule has 0 radical (unpaired) electrons. The molecule has 26 heavy (non-hydrogen) atoms. The summed E-state index contributed by atoms with van der Waals surface area (Å²) in [6.07, 6.45) is 1.40. The fourth-order valence-electron chi connectivity index (χ4n) is 3.26. The van der Waals surface area contributed by atoms with Crippen LogP contribution in [0.15, 0.2) is 48.5 Å². The van der Waals surface area contributed by atoms with Gasteiger partial charge in [-0.15, -0.1) is 0 Å². The first-order valence-corrected chi connectivity index (χ1v) is 9.09. The summed E-state index contributed by atoms with van der Waals surface area (Å²) < 4.78 is 0. The fraction of sp³-hybridized carbons (Fsp3) is 0.333. The number of nitrogens with one attached hydrogen (secondary N) is 2. The lowest BCUT2D eigenvalue weighted by molar-refractivity contribution is -0.872. The van der Waals surface area contributed by atoms with Gasteiger partial charge in [0.25, 0.3) is 5.91 Å². The van der Waals surface area contributed by atoms with E-state index in [2.05, 4.69) is 43.7 Å². The first-order chi connectivity index (χ1) is 12.5. The van der Waals surface area contributed by atoms with E-state index in [1.165, 1.54) is 10.5 Å². The SMILES string of the molecule is C[NH+](C)Cc1ccc(CNC(=O)c2ccccc2N2CCCC2=O)cc1. The largest absolute Gasteiger partial charge is 0.348 e. The van der Waals surface area contributed by atoms with Gasteiger partial charge in [0, 0.05) is 25.1 Å². The summed E-state index contributed by atoms with van der Waals surface area (Å²) in [5.41, 5.74) is 3.59. The normalized spacial score (nSPS) is 14.1. The minimum Gasteiger partial charge on any atom is -0.348 e. The van der Waals surface area contributed by atoms with Crippen LogP contribution in [0.4, 0.5) is 5.69 Å². The molecule has 136 valence electrons. The molecule has 0 aromatic heterocycles. The molecule has 3 rings (SSSR count). The van der Waals surface area contributed by atoms with Crippen molar-refractivity contribution >= 4 is 17.5 Å².